The Balaban J connectivity index is 2.27. The zero-order chi connectivity index (χ0) is 12.3. The minimum absolute atomic E-state index is 0.241. The number of nitrogens with zero attached hydrogens (tertiary/aromatic N) is 4. The molecule has 0 unspecified atom stereocenters. The van der Waals surface area contributed by atoms with E-state index in [1.807, 2.05) is 13.8 Å². The summed E-state index contributed by atoms with van der Waals surface area (Å²) >= 11 is 7.33. The Morgan fingerprint density at radius 3 is 2.53 bits per heavy atom. The van der Waals surface area contributed by atoms with Gasteiger partial charge in [-0.1, -0.05) is 25.4 Å². The summed E-state index contributed by atoms with van der Waals surface area (Å²) in [6.07, 6.45) is 3.39. The average molecular weight is 267 g/mol. The Bertz CT molecular complexity index is 504. The first-order valence-electron chi connectivity index (χ1n) is 5.14. The zero-order valence-electron chi connectivity index (χ0n) is 9.46. The third kappa shape index (κ3) is 3.38. The van der Waals surface area contributed by atoms with Crippen molar-refractivity contribution in [3.8, 4) is 0 Å². The molecule has 0 aliphatic heterocycles. The van der Waals surface area contributed by atoms with Crippen molar-refractivity contribution in [2.45, 2.75) is 29.9 Å². The van der Waals surface area contributed by atoms with Gasteiger partial charge in [0.25, 0.3) is 0 Å². The lowest BCUT2D eigenvalue weighted by Gasteiger charge is -2.06. The van der Waals surface area contributed by atoms with E-state index in [9.17, 15) is 0 Å². The summed E-state index contributed by atoms with van der Waals surface area (Å²) < 4.78 is 0. The van der Waals surface area contributed by atoms with E-state index in [2.05, 4.69) is 19.9 Å². The molecule has 2 heterocycles. The molecule has 88 valence electrons. The molecular weight excluding hydrogens is 256 g/mol. The molecule has 0 radical (unpaired) electrons. The smallest absolute Gasteiger partial charge is 0.193 e. The van der Waals surface area contributed by atoms with Crippen molar-refractivity contribution in [3.05, 3.63) is 35.5 Å². The molecule has 2 rings (SSSR count). The van der Waals surface area contributed by atoms with Gasteiger partial charge in [-0.25, -0.2) is 19.9 Å². The fourth-order valence-corrected chi connectivity index (χ4v) is 2.13. The number of rotatable bonds is 3. The highest BCUT2D eigenvalue weighted by Gasteiger charge is 2.09. The van der Waals surface area contributed by atoms with E-state index in [1.165, 1.54) is 11.8 Å². The molecule has 17 heavy (non-hydrogen) atoms. The number of hydrogen-bond donors (Lipinski definition) is 0. The Labute approximate surface area is 109 Å². The molecule has 2 aromatic heterocycles. The minimum Gasteiger partial charge on any atom is -0.231 e. The summed E-state index contributed by atoms with van der Waals surface area (Å²) in [4.78, 5) is 16.8. The molecule has 0 N–H and O–H groups in total. The van der Waals surface area contributed by atoms with E-state index >= 15 is 0 Å². The maximum atomic E-state index is 5.96. The van der Waals surface area contributed by atoms with Crippen LogP contribution in [0.15, 0.2) is 34.7 Å². The zero-order valence-corrected chi connectivity index (χ0v) is 11.0. The fourth-order valence-electron chi connectivity index (χ4n) is 1.16. The molecule has 0 amide bonds. The molecule has 0 saturated heterocycles. The van der Waals surface area contributed by atoms with E-state index < -0.39 is 0 Å². The standard InChI is InChI=1S/C11H11ClN4S/c1-7(2)10-15-8(12)6-9(16-10)17-11-13-4-3-5-14-11/h3-7H,1-2H3. The van der Waals surface area contributed by atoms with Crippen molar-refractivity contribution in [2.24, 2.45) is 0 Å². The molecule has 0 spiro atoms. The Morgan fingerprint density at radius 2 is 1.88 bits per heavy atom. The lowest BCUT2D eigenvalue weighted by molar-refractivity contribution is 0.753. The van der Waals surface area contributed by atoms with Crippen LogP contribution in [0, 0.1) is 0 Å². The van der Waals surface area contributed by atoms with Crippen molar-refractivity contribution < 1.29 is 0 Å². The third-order valence-corrected chi connectivity index (χ3v) is 2.95. The van der Waals surface area contributed by atoms with Crippen LogP contribution in [0.25, 0.3) is 0 Å². The van der Waals surface area contributed by atoms with Crippen LogP contribution >= 0.6 is 23.4 Å². The first-order chi connectivity index (χ1) is 8.15. The van der Waals surface area contributed by atoms with E-state index in [0.717, 1.165) is 10.9 Å². The summed E-state index contributed by atoms with van der Waals surface area (Å²) in [6, 6.07) is 3.49. The van der Waals surface area contributed by atoms with Gasteiger partial charge in [0.1, 0.15) is 16.0 Å². The normalized spacial score (nSPS) is 10.8. The molecule has 0 aliphatic carbocycles. The van der Waals surface area contributed by atoms with Crippen LogP contribution in [0.5, 0.6) is 0 Å². The Kier molecular flexibility index (Phi) is 3.91. The fraction of sp³-hybridized carbons (Fsp3) is 0.273. The molecule has 2 aromatic rings. The number of hydrogen-bond acceptors (Lipinski definition) is 5. The van der Waals surface area contributed by atoms with Crippen LogP contribution in [0.2, 0.25) is 5.15 Å². The molecule has 0 bridgehead atoms. The van der Waals surface area contributed by atoms with E-state index in [4.69, 9.17) is 11.6 Å². The van der Waals surface area contributed by atoms with Crippen molar-refractivity contribution >= 4 is 23.4 Å². The maximum Gasteiger partial charge on any atom is 0.193 e. The predicted octanol–water partition coefficient (Wildman–Crippen LogP) is 3.19. The van der Waals surface area contributed by atoms with Crippen molar-refractivity contribution in [2.75, 3.05) is 0 Å². The monoisotopic (exact) mass is 266 g/mol. The van der Waals surface area contributed by atoms with Crippen LogP contribution in [-0.4, -0.2) is 19.9 Å². The molecule has 0 aliphatic rings. The first kappa shape index (κ1) is 12.3. The van der Waals surface area contributed by atoms with Gasteiger partial charge in [0.15, 0.2) is 5.16 Å². The van der Waals surface area contributed by atoms with Gasteiger partial charge in [-0.2, -0.15) is 0 Å². The van der Waals surface area contributed by atoms with Gasteiger partial charge in [0, 0.05) is 24.4 Å². The lowest BCUT2D eigenvalue weighted by Crippen LogP contribution is -1.99. The van der Waals surface area contributed by atoms with Gasteiger partial charge in [0.05, 0.1) is 0 Å². The summed E-state index contributed by atoms with van der Waals surface area (Å²) in [6.45, 7) is 4.05. The molecule has 0 atom stereocenters. The molecule has 0 aromatic carbocycles. The SMILES string of the molecule is CC(C)c1nc(Cl)cc(Sc2ncccn2)n1. The molecule has 0 fully saturated rings. The summed E-state index contributed by atoms with van der Waals surface area (Å²) in [7, 11) is 0. The topological polar surface area (TPSA) is 51.6 Å². The number of halogens is 1. The van der Waals surface area contributed by atoms with Crippen LogP contribution < -0.4 is 0 Å². The highest BCUT2D eigenvalue weighted by Crippen LogP contribution is 2.25. The number of aromatic nitrogens is 4. The second-order valence-corrected chi connectivity index (χ2v) is 5.05. The summed E-state index contributed by atoms with van der Waals surface area (Å²) in [5, 5.41) is 1.86. The molecule has 0 saturated carbocycles. The van der Waals surface area contributed by atoms with Gasteiger partial charge in [-0.15, -0.1) is 0 Å². The van der Waals surface area contributed by atoms with Crippen LogP contribution in [0.4, 0.5) is 0 Å². The first-order valence-corrected chi connectivity index (χ1v) is 6.34. The minimum atomic E-state index is 0.241. The van der Waals surface area contributed by atoms with Crippen molar-refractivity contribution in [1.29, 1.82) is 0 Å². The Hall–Kier alpha value is -1.20. The van der Waals surface area contributed by atoms with Gasteiger partial charge in [-0.3, -0.25) is 0 Å². The Morgan fingerprint density at radius 1 is 1.18 bits per heavy atom. The largest absolute Gasteiger partial charge is 0.231 e. The van der Waals surface area contributed by atoms with Gasteiger partial charge < -0.3 is 0 Å². The lowest BCUT2D eigenvalue weighted by atomic mass is 10.2. The van der Waals surface area contributed by atoms with Gasteiger partial charge in [0.2, 0.25) is 0 Å². The highest BCUT2D eigenvalue weighted by molar-refractivity contribution is 7.99. The van der Waals surface area contributed by atoms with Crippen LogP contribution in [-0.2, 0) is 0 Å². The van der Waals surface area contributed by atoms with Crippen molar-refractivity contribution in [3.63, 3.8) is 0 Å². The average Bonchev–Trinajstić information content (AvgIpc) is 2.29. The quantitative estimate of drug-likeness (QED) is 0.631. The van der Waals surface area contributed by atoms with E-state index in [1.54, 1.807) is 24.5 Å². The molecule has 6 heteroatoms. The van der Waals surface area contributed by atoms with E-state index in [0.29, 0.717) is 10.3 Å². The second kappa shape index (κ2) is 5.42. The predicted molar refractivity (Wildman–Crippen MR) is 67.3 cm³/mol. The maximum absolute atomic E-state index is 5.96. The molecular formula is C11H11ClN4S. The molecule has 4 nitrogen and oxygen atoms in total. The van der Waals surface area contributed by atoms with Crippen LogP contribution in [0.3, 0.4) is 0 Å². The summed E-state index contributed by atoms with van der Waals surface area (Å²) in [5.41, 5.74) is 0. The van der Waals surface area contributed by atoms with Gasteiger partial charge in [-0.05, 0) is 17.8 Å². The third-order valence-electron chi connectivity index (χ3n) is 1.94. The van der Waals surface area contributed by atoms with Crippen molar-refractivity contribution in [1.82, 2.24) is 19.9 Å². The second-order valence-electron chi connectivity index (χ2n) is 3.68. The van der Waals surface area contributed by atoms with E-state index in [-0.39, 0.29) is 5.92 Å². The summed E-state index contributed by atoms with van der Waals surface area (Å²) in [5.74, 6) is 0.973. The highest BCUT2D eigenvalue weighted by atomic mass is 35.5. The van der Waals surface area contributed by atoms with Gasteiger partial charge >= 0.3 is 0 Å². The van der Waals surface area contributed by atoms with Crippen LogP contribution in [0.1, 0.15) is 25.6 Å².